The largest absolute Gasteiger partial charge is 0.366 e. The molecule has 0 N–H and O–H groups in total. The Hall–Kier alpha value is -2.52. The van der Waals surface area contributed by atoms with Crippen molar-refractivity contribution in [1.29, 1.82) is 0 Å². The predicted molar refractivity (Wildman–Crippen MR) is 111 cm³/mol. The molecule has 1 aliphatic rings. The summed E-state index contributed by atoms with van der Waals surface area (Å²) in [5.74, 6) is -1.55. The fourth-order valence-electron chi connectivity index (χ4n) is 3.48. The van der Waals surface area contributed by atoms with Crippen LogP contribution in [0.1, 0.15) is 13.8 Å². The molecule has 0 atom stereocenters. The lowest BCUT2D eigenvalue weighted by Crippen LogP contribution is -2.50. The summed E-state index contributed by atoms with van der Waals surface area (Å²) in [7, 11) is 0. The number of aromatic nitrogens is 2. The zero-order chi connectivity index (χ0) is 21.8. The number of nitrogens with zero attached hydrogens (tertiary/aromatic N) is 5. The molecule has 1 aromatic heterocycles. The minimum absolute atomic E-state index is 0.0820. The second-order valence-corrected chi connectivity index (χ2v) is 7.36. The number of hydrogen-bond acceptors (Lipinski definition) is 5. The summed E-state index contributed by atoms with van der Waals surface area (Å²) in [4.78, 5) is 30.7. The van der Waals surface area contributed by atoms with Crippen molar-refractivity contribution in [3.05, 3.63) is 51.4 Å². The van der Waals surface area contributed by atoms with Crippen molar-refractivity contribution in [2.24, 2.45) is 0 Å². The van der Waals surface area contributed by atoms with E-state index in [9.17, 15) is 18.4 Å². The Bertz CT molecular complexity index is 972. The van der Waals surface area contributed by atoms with E-state index in [0.29, 0.717) is 57.6 Å². The van der Waals surface area contributed by atoms with Crippen LogP contribution in [-0.2, 0) is 4.79 Å². The van der Waals surface area contributed by atoms with Crippen LogP contribution in [0.25, 0.3) is 5.69 Å². The Morgan fingerprint density at radius 1 is 1.13 bits per heavy atom. The van der Waals surface area contributed by atoms with Crippen LogP contribution in [-0.4, -0.2) is 71.3 Å². The van der Waals surface area contributed by atoms with Crippen LogP contribution in [0, 0.1) is 11.6 Å². The molecule has 2 aromatic rings. The van der Waals surface area contributed by atoms with Crippen LogP contribution in [0.5, 0.6) is 0 Å². The maximum atomic E-state index is 14.0. The molecular weight excluding hydrogens is 416 g/mol. The number of halogens is 3. The van der Waals surface area contributed by atoms with Crippen molar-refractivity contribution < 1.29 is 13.6 Å². The number of piperazine rings is 1. The smallest absolute Gasteiger partial charge is 0.292 e. The Morgan fingerprint density at radius 2 is 1.80 bits per heavy atom. The minimum atomic E-state index is -0.903. The number of carbonyl (C=O) groups excluding carboxylic acids is 1. The van der Waals surface area contributed by atoms with E-state index in [4.69, 9.17) is 11.6 Å². The third kappa shape index (κ3) is 4.62. The highest BCUT2D eigenvalue weighted by atomic mass is 35.5. The van der Waals surface area contributed by atoms with Crippen molar-refractivity contribution in [3.8, 4) is 5.69 Å². The monoisotopic (exact) mass is 439 g/mol. The van der Waals surface area contributed by atoms with Gasteiger partial charge < -0.3 is 9.80 Å². The molecule has 1 amide bonds. The number of amides is 1. The molecule has 0 radical (unpaired) electrons. The van der Waals surface area contributed by atoms with Gasteiger partial charge in [0.2, 0.25) is 5.91 Å². The van der Waals surface area contributed by atoms with Gasteiger partial charge in [0.1, 0.15) is 16.5 Å². The van der Waals surface area contributed by atoms with Gasteiger partial charge in [0.25, 0.3) is 5.56 Å². The number of benzene rings is 1. The highest BCUT2D eigenvalue weighted by Gasteiger charge is 2.24. The SMILES string of the molecule is CCN(CC)C(=O)CN1CCN(c2cnn(-c3ccc(F)cc3F)c(=O)c2Cl)CC1. The minimum Gasteiger partial charge on any atom is -0.366 e. The molecule has 0 unspecified atom stereocenters. The third-order valence-electron chi connectivity index (χ3n) is 5.23. The van der Waals surface area contributed by atoms with Gasteiger partial charge in [-0.15, -0.1) is 0 Å². The molecule has 1 saturated heterocycles. The van der Waals surface area contributed by atoms with E-state index in [1.54, 1.807) is 4.90 Å². The van der Waals surface area contributed by atoms with Crippen LogP contribution in [0.2, 0.25) is 5.02 Å². The Balaban J connectivity index is 1.72. The lowest BCUT2D eigenvalue weighted by Gasteiger charge is -2.36. The molecule has 3 rings (SSSR count). The van der Waals surface area contributed by atoms with Crippen molar-refractivity contribution in [3.63, 3.8) is 0 Å². The number of likely N-dealkylation sites (N-methyl/N-ethyl adjacent to an activating group) is 1. The number of rotatable bonds is 6. The molecule has 1 fully saturated rings. The van der Waals surface area contributed by atoms with Crippen molar-refractivity contribution in [1.82, 2.24) is 19.6 Å². The quantitative estimate of drug-likeness (QED) is 0.690. The maximum Gasteiger partial charge on any atom is 0.292 e. The van der Waals surface area contributed by atoms with Gasteiger partial charge in [-0.25, -0.2) is 8.78 Å². The van der Waals surface area contributed by atoms with Gasteiger partial charge in [-0.2, -0.15) is 9.78 Å². The van der Waals surface area contributed by atoms with Crippen LogP contribution in [0.4, 0.5) is 14.5 Å². The van der Waals surface area contributed by atoms with Gasteiger partial charge in [0.15, 0.2) is 5.82 Å². The predicted octanol–water partition coefficient (Wildman–Crippen LogP) is 2.15. The lowest BCUT2D eigenvalue weighted by molar-refractivity contribution is -0.132. The van der Waals surface area contributed by atoms with Gasteiger partial charge in [-0.3, -0.25) is 14.5 Å². The normalized spacial score (nSPS) is 14.8. The first kappa shape index (κ1) is 22.2. The first-order chi connectivity index (χ1) is 14.3. The average Bonchev–Trinajstić information content (AvgIpc) is 2.72. The lowest BCUT2D eigenvalue weighted by atomic mass is 10.2. The second kappa shape index (κ2) is 9.53. The summed E-state index contributed by atoms with van der Waals surface area (Å²) in [6.07, 6.45) is 1.41. The summed E-state index contributed by atoms with van der Waals surface area (Å²) >= 11 is 6.28. The molecule has 10 heteroatoms. The molecule has 2 heterocycles. The Morgan fingerprint density at radius 3 is 2.40 bits per heavy atom. The van der Waals surface area contributed by atoms with E-state index >= 15 is 0 Å². The molecule has 30 heavy (non-hydrogen) atoms. The summed E-state index contributed by atoms with van der Waals surface area (Å²) in [5, 5.41) is 3.95. The molecule has 1 aliphatic heterocycles. The van der Waals surface area contributed by atoms with E-state index in [1.807, 2.05) is 18.7 Å². The van der Waals surface area contributed by atoms with Crippen molar-refractivity contribution >= 4 is 23.2 Å². The summed E-state index contributed by atoms with van der Waals surface area (Å²) in [6, 6.07) is 2.87. The van der Waals surface area contributed by atoms with Gasteiger partial charge in [-0.1, -0.05) is 11.6 Å². The average molecular weight is 440 g/mol. The van der Waals surface area contributed by atoms with E-state index in [0.717, 1.165) is 16.8 Å². The van der Waals surface area contributed by atoms with Crippen LogP contribution < -0.4 is 10.5 Å². The molecule has 0 spiro atoms. The molecule has 0 bridgehead atoms. The summed E-state index contributed by atoms with van der Waals surface area (Å²) in [6.45, 7) is 8.04. The van der Waals surface area contributed by atoms with E-state index in [2.05, 4.69) is 10.00 Å². The van der Waals surface area contributed by atoms with E-state index in [-0.39, 0.29) is 16.6 Å². The molecule has 0 aliphatic carbocycles. The third-order valence-corrected chi connectivity index (χ3v) is 5.58. The Labute approximate surface area is 178 Å². The number of anilines is 1. The fraction of sp³-hybridized carbons (Fsp3) is 0.450. The summed E-state index contributed by atoms with van der Waals surface area (Å²) in [5.41, 5.74) is -0.399. The molecule has 162 valence electrons. The van der Waals surface area contributed by atoms with Gasteiger partial charge in [0.05, 0.1) is 18.4 Å². The van der Waals surface area contributed by atoms with Crippen molar-refractivity contribution in [2.45, 2.75) is 13.8 Å². The molecular formula is C20H24ClF2N5O2. The number of hydrogen-bond donors (Lipinski definition) is 0. The van der Waals surface area contributed by atoms with E-state index < -0.39 is 17.2 Å². The van der Waals surface area contributed by atoms with E-state index in [1.165, 1.54) is 6.20 Å². The fourth-order valence-corrected chi connectivity index (χ4v) is 3.73. The topological polar surface area (TPSA) is 61.7 Å². The van der Waals surface area contributed by atoms with Gasteiger partial charge >= 0.3 is 0 Å². The van der Waals surface area contributed by atoms with Gasteiger partial charge in [0, 0.05) is 45.3 Å². The van der Waals surface area contributed by atoms with Crippen LogP contribution in [0.15, 0.2) is 29.2 Å². The van der Waals surface area contributed by atoms with Crippen molar-refractivity contribution in [2.75, 3.05) is 50.7 Å². The first-order valence-electron chi connectivity index (χ1n) is 9.84. The number of carbonyl (C=O) groups is 1. The molecule has 7 nitrogen and oxygen atoms in total. The second-order valence-electron chi connectivity index (χ2n) is 6.99. The van der Waals surface area contributed by atoms with Crippen LogP contribution >= 0.6 is 11.6 Å². The maximum absolute atomic E-state index is 14.0. The Kier molecular flexibility index (Phi) is 7.04. The highest BCUT2D eigenvalue weighted by Crippen LogP contribution is 2.23. The zero-order valence-electron chi connectivity index (χ0n) is 16.9. The zero-order valence-corrected chi connectivity index (χ0v) is 17.7. The molecule has 1 aromatic carbocycles. The molecule has 0 saturated carbocycles. The van der Waals surface area contributed by atoms with Gasteiger partial charge in [-0.05, 0) is 26.0 Å². The highest BCUT2D eigenvalue weighted by molar-refractivity contribution is 6.33. The summed E-state index contributed by atoms with van der Waals surface area (Å²) < 4.78 is 28.0. The van der Waals surface area contributed by atoms with Crippen LogP contribution in [0.3, 0.4) is 0 Å². The first-order valence-corrected chi connectivity index (χ1v) is 10.2. The standard InChI is InChI=1S/C20H24ClF2N5O2/c1-3-26(4-2)18(29)13-25-7-9-27(10-8-25)17-12-24-28(20(30)19(17)21)16-6-5-14(22)11-15(16)23/h5-6,11-12H,3-4,7-10,13H2,1-2H3.